The van der Waals surface area contributed by atoms with E-state index in [0.717, 1.165) is 38.1 Å². The number of carbonyl (C=O) groups is 1. The average Bonchev–Trinajstić information content (AvgIpc) is 2.40. The molecular formula is C14H20N2O2. The molecule has 98 valence electrons. The van der Waals surface area contributed by atoms with Crippen molar-refractivity contribution in [2.24, 2.45) is 5.73 Å². The van der Waals surface area contributed by atoms with Gasteiger partial charge in [-0.25, -0.2) is 0 Å². The fourth-order valence-electron chi connectivity index (χ4n) is 2.38. The molecule has 2 N–H and O–H groups in total. The van der Waals surface area contributed by atoms with Gasteiger partial charge in [0.05, 0.1) is 6.04 Å². The van der Waals surface area contributed by atoms with Crippen molar-refractivity contribution in [3.05, 3.63) is 30.3 Å². The predicted octanol–water partition coefficient (Wildman–Crippen LogP) is 1.41. The number of piperidine rings is 1. The highest BCUT2D eigenvalue weighted by molar-refractivity contribution is 5.79. The number of para-hydroxylation sites is 1. The Morgan fingerprint density at radius 2 is 2.11 bits per heavy atom. The minimum absolute atomic E-state index is 0.113. The molecule has 4 nitrogen and oxygen atoms in total. The van der Waals surface area contributed by atoms with Crippen LogP contribution in [0.15, 0.2) is 30.3 Å². The van der Waals surface area contributed by atoms with Gasteiger partial charge < -0.3 is 10.5 Å². The molecule has 2 rings (SSSR count). The molecule has 1 saturated heterocycles. The molecule has 1 amide bonds. The minimum Gasteiger partial charge on any atom is -0.492 e. The summed E-state index contributed by atoms with van der Waals surface area (Å²) in [5.74, 6) is 0.652. The fraction of sp³-hybridized carbons (Fsp3) is 0.500. The standard InChI is InChI=1S/C14H20N2O2/c15-14(17)13-8-4-5-9-16(13)10-11-18-12-6-2-1-3-7-12/h1-3,6-7,13H,4-5,8-11H2,(H2,15,17)/t13-/m1/s1. The Morgan fingerprint density at radius 3 is 2.83 bits per heavy atom. The summed E-state index contributed by atoms with van der Waals surface area (Å²) in [6, 6.07) is 9.60. The number of nitrogens with zero attached hydrogens (tertiary/aromatic N) is 1. The Labute approximate surface area is 108 Å². The number of primary amides is 1. The maximum atomic E-state index is 11.3. The molecule has 1 aromatic carbocycles. The normalized spacial score (nSPS) is 20.6. The molecule has 1 aromatic rings. The fourth-order valence-corrected chi connectivity index (χ4v) is 2.38. The maximum Gasteiger partial charge on any atom is 0.234 e. The van der Waals surface area contributed by atoms with E-state index in [2.05, 4.69) is 4.90 Å². The van der Waals surface area contributed by atoms with Crippen molar-refractivity contribution in [1.82, 2.24) is 4.90 Å². The van der Waals surface area contributed by atoms with Crippen LogP contribution in [0.25, 0.3) is 0 Å². The van der Waals surface area contributed by atoms with E-state index in [4.69, 9.17) is 10.5 Å². The molecule has 1 heterocycles. The summed E-state index contributed by atoms with van der Waals surface area (Å²) < 4.78 is 5.64. The highest BCUT2D eigenvalue weighted by Gasteiger charge is 2.26. The van der Waals surface area contributed by atoms with Crippen molar-refractivity contribution in [3.8, 4) is 5.75 Å². The number of nitrogens with two attached hydrogens (primary N) is 1. The van der Waals surface area contributed by atoms with Crippen LogP contribution < -0.4 is 10.5 Å². The van der Waals surface area contributed by atoms with Gasteiger partial charge in [0.25, 0.3) is 0 Å². The summed E-state index contributed by atoms with van der Waals surface area (Å²) in [6.45, 7) is 2.28. The molecule has 4 heteroatoms. The van der Waals surface area contributed by atoms with Gasteiger partial charge in [-0.2, -0.15) is 0 Å². The maximum absolute atomic E-state index is 11.3. The topological polar surface area (TPSA) is 55.6 Å². The van der Waals surface area contributed by atoms with E-state index in [1.54, 1.807) is 0 Å². The zero-order valence-electron chi connectivity index (χ0n) is 10.5. The first-order valence-electron chi connectivity index (χ1n) is 6.48. The summed E-state index contributed by atoms with van der Waals surface area (Å²) >= 11 is 0. The number of ether oxygens (including phenoxy) is 1. The number of amides is 1. The third-order valence-electron chi connectivity index (χ3n) is 3.33. The lowest BCUT2D eigenvalue weighted by Gasteiger charge is -2.33. The highest BCUT2D eigenvalue weighted by Crippen LogP contribution is 2.16. The van der Waals surface area contributed by atoms with E-state index in [1.807, 2.05) is 30.3 Å². The van der Waals surface area contributed by atoms with Crippen LogP contribution in [0.2, 0.25) is 0 Å². The van der Waals surface area contributed by atoms with Crippen LogP contribution in [0.1, 0.15) is 19.3 Å². The molecule has 0 radical (unpaired) electrons. The van der Waals surface area contributed by atoms with Gasteiger partial charge >= 0.3 is 0 Å². The summed E-state index contributed by atoms with van der Waals surface area (Å²) in [5.41, 5.74) is 5.42. The second-order valence-corrected chi connectivity index (χ2v) is 4.61. The van der Waals surface area contributed by atoms with Gasteiger partial charge in [-0.05, 0) is 31.5 Å². The molecule has 1 atom stereocenters. The highest BCUT2D eigenvalue weighted by atomic mass is 16.5. The van der Waals surface area contributed by atoms with Crippen LogP contribution in [0.3, 0.4) is 0 Å². The van der Waals surface area contributed by atoms with Crippen molar-refractivity contribution in [3.63, 3.8) is 0 Å². The van der Waals surface area contributed by atoms with Gasteiger partial charge in [0.1, 0.15) is 12.4 Å². The van der Waals surface area contributed by atoms with Crippen molar-refractivity contribution in [1.29, 1.82) is 0 Å². The summed E-state index contributed by atoms with van der Waals surface area (Å²) in [5, 5.41) is 0. The Hall–Kier alpha value is -1.55. The van der Waals surface area contributed by atoms with Gasteiger partial charge in [0.2, 0.25) is 5.91 Å². The lowest BCUT2D eigenvalue weighted by atomic mass is 10.0. The average molecular weight is 248 g/mol. The zero-order valence-corrected chi connectivity index (χ0v) is 10.5. The quantitative estimate of drug-likeness (QED) is 0.857. The first-order valence-corrected chi connectivity index (χ1v) is 6.48. The predicted molar refractivity (Wildman–Crippen MR) is 70.3 cm³/mol. The van der Waals surface area contributed by atoms with Crippen LogP contribution in [0.4, 0.5) is 0 Å². The number of rotatable bonds is 5. The molecule has 1 aliphatic rings. The van der Waals surface area contributed by atoms with E-state index in [-0.39, 0.29) is 11.9 Å². The Kier molecular flexibility index (Phi) is 4.59. The smallest absolute Gasteiger partial charge is 0.234 e. The van der Waals surface area contributed by atoms with Gasteiger partial charge in [-0.15, -0.1) is 0 Å². The Bertz CT molecular complexity index is 381. The van der Waals surface area contributed by atoms with E-state index < -0.39 is 0 Å². The third-order valence-corrected chi connectivity index (χ3v) is 3.33. The molecule has 1 aliphatic heterocycles. The SMILES string of the molecule is NC(=O)[C@H]1CCCCN1CCOc1ccccc1. The molecule has 0 bridgehead atoms. The minimum atomic E-state index is -0.214. The number of likely N-dealkylation sites (tertiary alicyclic amines) is 1. The van der Waals surface area contributed by atoms with Crippen LogP contribution in [-0.4, -0.2) is 36.5 Å². The summed E-state index contributed by atoms with van der Waals surface area (Å²) in [6.07, 6.45) is 3.10. The van der Waals surface area contributed by atoms with Crippen molar-refractivity contribution >= 4 is 5.91 Å². The van der Waals surface area contributed by atoms with Crippen molar-refractivity contribution in [2.75, 3.05) is 19.7 Å². The largest absolute Gasteiger partial charge is 0.492 e. The number of carbonyl (C=O) groups excluding carboxylic acids is 1. The van der Waals surface area contributed by atoms with Crippen molar-refractivity contribution < 1.29 is 9.53 Å². The third kappa shape index (κ3) is 3.47. The molecule has 0 spiro atoms. The second kappa shape index (κ2) is 6.40. The van der Waals surface area contributed by atoms with Gasteiger partial charge in [0.15, 0.2) is 0 Å². The molecule has 0 unspecified atom stereocenters. The van der Waals surface area contributed by atoms with Crippen LogP contribution in [0.5, 0.6) is 5.75 Å². The van der Waals surface area contributed by atoms with Crippen LogP contribution in [0, 0.1) is 0 Å². The van der Waals surface area contributed by atoms with Crippen molar-refractivity contribution in [2.45, 2.75) is 25.3 Å². The molecule has 0 aromatic heterocycles. The van der Waals surface area contributed by atoms with Crippen LogP contribution >= 0.6 is 0 Å². The van der Waals surface area contributed by atoms with Gasteiger partial charge in [-0.3, -0.25) is 9.69 Å². The number of hydrogen-bond donors (Lipinski definition) is 1. The van der Waals surface area contributed by atoms with E-state index in [1.165, 1.54) is 0 Å². The van der Waals surface area contributed by atoms with Crippen LogP contribution in [-0.2, 0) is 4.79 Å². The van der Waals surface area contributed by atoms with E-state index >= 15 is 0 Å². The van der Waals surface area contributed by atoms with E-state index in [0.29, 0.717) is 6.61 Å². The second-order valence-electron chi connectivity index (χ2n) is 4.61. The molecule has 0 saturated carbocycles. The van der Waals surface area contributed by atoms with Gasteiger partial charge in [0, 0.05) is 6.54 Å². The molecule has 0 aliphatic carbocycles. The summed E-state index contributed by atoms with van der Waals surface area (Å²) in [4.78, 5) is 13.5. The molecule has 1 fully saturated rings. The first kappa shape index (κ1) is 12.9. The van der Waals surface area contributed by atoms with E-state index in [9.17, 15) is 4.79 Å². The van der Waals surface area contributed by atoms with Gasteiger partial charge in [-0.1, -0.05) is 24.6 Å². The first-order chi connectivity index (χ1) is 8.77. The lowest BCUT2D eigenvalue weighted by Crippen LogP contribution is -2.48. The summed E-state index contributed by atoms with van der Waals surface area (Å²) in [7, 11) is 0. The number of benzene rings is 1. The molecule has 18 heavy (non-hydrogen) atoms. The Balaban J connectivity index is 1.79. The Morgan fingerprint density at radius 1 is 1.33 bits per heavy atom. The zero-order chi connectivity index (χ0) is 12.8. The monoisotopic (exact) mass is 248 g/mol. The lowest BCUT2D eigenvalue weighted by molar-refractivity contribution is -0.124. The molecular weight excluding hydrogens is 228 g/mol. The number of hydrogen-bond acceptors (Lipinski definition) is 3.